The largest absolute Gasteiger partial charge is 0 e. The van der Waals surface area contributed by atoms with Gasteiger partial charge in [-0.15, -0.1) is 0 Å². The monoisotopic (exact) mass is 544 g/mol. The van der Waals surface area contributed by atoms with E-state index in [2.05, 4.69) is 83.3 Å². The Morgan fingerprint density at radius 2 is 1.27 bits per heavy atom. The molecule has 26 heavy (non-hydrogen) atoms. The van der Waals surface area contributed by atoms with Gasteiger partial charge in [0.25, 0.3) is 0 Å². The quantitative estimate of drug-likeness (QED) is 0.323. The van der Waals surface area contributed by atoms with Crippen molar-refractivity contribution in [3.05, 3.63) is 75.0 Å². The molecular weight excluding hydrogens is 527 g/mol. The maximum Gasteiger partial charge on any atom is 0 e. The molecule has 0 aromatic heterocycles. The van der Waals surface area contributed by atoms with Gasteiger partial charge in [0.2, 0.25) is 0 Å². The minimum Gasteiger partial charge on any atom is 0 e. The van der Waals surface area contributed by atoms with Crippen LogP contribution in [0, 0.1) is 33.3 Å². The fourth-order valence-corrected chi connectivity index (χ4v) is 4.24. The van der Waals surface area contributed by atoms with Crippen molar-refractivity contribution < 1.29 is 49.1 Å². The third-order valence-corrected chi connectivity index (χ3v) is 6.02. The molecule has 1 fully saturated rings. The molecule has 2 rings (SSSR count). The maximum absolute atomic E-state index is 7.50. The molecule has 0 spiro atoms. The molecule has 2 atom stereocenters. The Morgan fingerprint density at radius 3 is 1.58 bits per heavy atom. The van der Waals surface area contributed by atoms with Crippen molar-refractivity contribution >= 4 is 14.0 Å². The molecule has 0 amide bonds. The predicted molar refractivity (Wildman–Crippen MR) is 86.9 cm³/mol. The van der Waals surface area contributed by atoms with E-state index in [1.54, 1.807) is 0 Å². The maximum atomic E-state index is 7.50. The number of hydrogen-bond acceptors (Lipinski definition) is 1. The fourth-order valence-electron chi connectivity index (χ4n) is 1.88. The average Bonchev–Trinajstić information content (AvgIpc) is 3.28. The van der Waals surface area contributed by atoms with Crippen LogP contribution >= 0.6 is 7.92 Å². The molecule has 1 aromatic rings. The van der Waals surface area contributed by atoms with Crippen molar-refractivity contribution in [1.82, 2.24) is 0 Å². The molecule has 0 aliphatic carbocycles. The van der Waals surface area contributed by atoms with E-state index < -0.39 is 0 Å². The van der Waals surface area contributed by atoms with E-state index in [4.69, 9.17) is 28.0 Å². The second kappa shape index (κ2) is 26.0. The normalized spacial score (nSPS) is 16.7. The van der Waals surface area contributed by atoms with E-state index in [9.17, 15) is 0 Å². The van der Waals surface area contributed by atoms with Crippen molar-refractivity contribution in [3.8, 4) is 0 Å². The second-order valence-electron chi connectivity index (χ2n) is 4.38. The zero-order valence-electron chi connectivity index (χ0n) is 14.4. The Morgan fingerprint density at radius 1 is 0.885 bits per heavy atom. The van der Waals surface area contributed by atoms with Gasteiger partial charge in [-0.05, 0) is 13.5 Å². The van der Waals surface area contributed by atoms with Crippen LogP contribution in [0.1, 0.15) is 19.4 Å². The van der Waals surface area contributed by atoms with Gasteiger partial charge in [0, 0.05) is 33.3 Å². The third-order valence-electron chi connectivity index (χ3n) is 2.91. The Bertz CT molecular complexity index is 526. The molecule has 1 saturated heterocycles. The van der Waals surface area contributed by atoms with Gasteiger partial charge in [-0.2, -0.15) is 0 Å². The smallest absolute Gasteiger partial charge is 0 e. The van der Waals surface area contributed by atoms with Crippen LogP contribution < -0.4 is 0 Å². The van der Waals surface area contributed by atoms with Gasteiger partial charge in [0.1, 0.15) is 0 Å². The van der Waals surface area contributed by atoms with E-state index in [0.29, 0.717) is 11.0 Å². The van der Waals surface area contributed by atoms with Gasteiger partial charge in [-0.1, -0.05) is 56.1 Å². The zero-order valence-corrected chi connectivity index (χ0v) is 18.3. The molecule has 0 N–H and O–H groups in total. The zero-order chi connectivity index (χ0) is 20.9. The predicted octanol–water partition coefficient (Wildman–Crippen LogP) is 3.71. The van der Waals surface area contributed by atoms with Gasteiger partial charge in [0.05, 0.1) is 5.85 Å². The molecule has 1 aliphatic rings. The average molecular weight is 544 g/mol. The van der Waals surface area contributed by atoms with Crippen molar-refractivity contribution in [3.63, 3.8) is 0 Å². The van der Waals surface area contributed by atoms with Crippen LogP contribution in [0.25, 0.3) is 6.08 Å². The Balaban J connectivity index is -0.000000116. The summed E-state index contributed by atoms with van der Waals surface area (Å²) in [5, 5.41) is 0.370. The number of methoxy groups -OCH3 is 1. The summed E-state index contributed by atoms with van der Waals surface area (Å²) in [6, 6.07) is 10.4. The van der Waals surface area contributed by atoms with E-state index in [0.717, 1.165) is 0 Å². The van der Waals surface area contributed by atoms with Crippen LogP contribution in [-0.4, -0.2) is 18.1 Å². The van der Waals surface area contributed by atoms with Gasteiger partial charge in [0.15, 0.2) is 0 Å². The molecule has 8 heteroatoms. The van der Waals surface area contributed by atoms with E-state index >= 15 is 0 Å². The first-order valence-electron chi connectivity index (χ1n) is 6.23. The molecule has 1 unspecified atom stereocenters. The van der Waals surface area contributed by atoms with Crippen molar-refractivity contribution in [2.45, 2.75) is 24.8 Å². The Labute approximate surface area is 170 Å². The van der Waals surface area contributed by atoms with Crippen molar-refractivity contribution in [2.24, 2.45) is 0 Å². The minimum atomic E-state index is -0.0837. The number of rotatable bonds is 3. The van der Waals surface area contributed by atoms with Gasteiger partial charge in [-0.3, -0.25) is 0 Å². The van der Waals surface area contributed by atoms with Gasteiger partial charge < -0.3 is 4.74 Å². The van der Waals surface area contributed by atoms with E-state index in [1.807, 2.05) is 13.2 Å². The van der Waals surface area contributed by atoms with Gasteiger partial charge in [-0.25, -0.2) is 0 Å². The molecule has 6 nitrogen and oxygen atoms in total. The first kappa shape index (κ1) is 35.8. The molecule has 1 heterocycles. The van der Waals surface area contributed by atoms with Crippen LogP contribution in [0.5, 0.6) is 0 Å². The summed E-state index contributed by atoms with van der Waals surface area (Å²) in [4.78, 5) is 0. The summed E-state index contributed by atoms with van der Waals surface area (Å²) in [5.74, 6) is 2.78. The SMILES string of the molecule is COC1[P@@](/C=C/c2ccccc2)C1(C)C.[C-]#[O+].[C-]#[O+].[C-]#[O+].[C-]#[O+].[C-]#[O+].[W]. The van der Waals surface area contributed by atoms with Gasteiger partial charge >= 0.3 is 56.5 Å². The number of ether oxygens (including phenoxy) is 1. The number of hydrogen-bond donors (Lipinski definition) is 0. The van der Waals surface area contributed by atoms with Crippen LogP contribution in [0.4, 0.5) is 0 Å². The van der Waals surface area contributed by atoms with Crippen molar-refractivity contribution in [1.29, 1.82) is 0 Å². The molecule has 1 aromatic carbocycles. The summed E-state index contributed by atoms with van der Waals surface area (Å²) < 4.78 is 43.0. The van der Waals surface area contributed by atoms with Crippen LogP contribution in [-0.2, 0) is 49.1 Å². The van der Waals surface area contributed by atoms with E-state index in [-0.39, 0.29) is 29.0 Å². The van der Waals surface area contributed by atoms with E-state index in [1.165, 1.54) is 5.56 Å². The summed E-state index contributed by atoms with van der Waals surface area (Å²) in [7, 11) is 1.73. The summed E-state index contributed by atoms with van der Waals surface area (Å²) in [5.41, 5.74) is 1.28. The first-order valence-corrected chi connectivity index (χ1v) is 7.71. The summed E-state index contributed by atoms with van der Waals surface area (Å²) >= 11 is 0. The topological polar surface area (TPSA) is 109 Å². The number of benzene rings is 1. The third kappa shape index (κ3) is 14.0. The van der Waals surface area contributed by atoms with Crippen LogP contribution in [0.3, 0.4) is 0 Å². The molecule has 0 radical (unpaired) electrons. The van der Waals surface area contributed by atoms with Crippen LogP contribution in [0.2, 0.25) is 0 Å². The summed E-state index contributed by atoms with van der Waals surface area (Å²) in [6.45, 7) is 27.1. The van der Waals surface area contributed by atoms with Crippen LogP contribution in [0.15, 0.2) is 36.1 Å². The Hall–Kier alpha value is -1.26. The molecule has 136 valence electrons. The van der Waals surface area contributed by atoms with Crippen molar-refractivity contribution in [2.75, 3.05) is 7.11 Å². The molecule has 0 bridgehead atoms. The Kier molecular flexibility index (Phi) is 35.7. The fraction of sp³-hybridized carbons (Fsp3) is 0.278. The molecule has 0 saturated carbocycles. The minimum absolute atomic E-state index is 0. The first-order chi connectivity index (χ1) is 12.2. The molecular formula is C18H17O6PW. The molecule has 1 aliphatic heterocycles. The second-order valence-corrected chi connectivity index (χ2v) is 7.11. The standard InChI is InChI=1S/C13H17OP.5CO.W/c1-13(2)12(14-3)15(13)10-9-11-7-5-4-6-8-11;5*1-2;/h4-10,12H,1-3H3;;;;;;/b10-9+;;;;;;/t12?,15-;;;;;;/m1....../s1. The summed E-state index contributed by atoms with van der Waals surface area (Å²) in [6.07, 6.45) is 2.21.